The van der Waals surface area contributed by atoms with Gasteiger partial charge in [-0.15, -0.1) is 0 Å². The van der Waals surface area contributed by atoms with Gasteiger partial charge in [-0.25, -0.2) is 0 Å². The Morgan fingerprint density at radius 1 is 1.18 bits per heavy atom. The van der Waals surface area contributed by atoms with Gasteiger partial charge in [-0.1, -0.05) is 20.8 Å². The van der Waals surface area contributed by atoms with Gasteiger partial charge in [0, 0.05) is 6.54 Å². The van der Waals surface area contributed by atoms with Gasteiger partial charge in [0.1, 0.15) is 0 Å². The van der Waals surface area contributed by atoms with Crippen molar-refractivity contribution < 1.29 is 4.79 Å². The van der Waals surface area contributed by atoms with E-state index >= 15 is 0 Å². The molecule has 0 aromatic heterocycles. The topological polar surface area (TPSA) is 41.1 Å². The van der Waals surface area contributed by atoms with E-state index in [0.717, 1.165) is 6.54 Å². The van der Waals surface area contributed by atoms with Crippen LogP contribution in [0, 0.1) is 0 Å². The highest BCUT2D eigenvalue weighted by Gasteiger charge is 1.93. The van der Waals surface area contributed by atoms with Gasteiger partial charge in [0.05, 0.1) is 6.54 Å². The predicted octanol–water partition coefficient (Wildman–Crippen LogP) is 0.758. The predicted molar refractivity (Wildman–Crippen MR) is 48.6 cm³/mol. The average molecular weight is 160 g/mol. The van der Waals surface area contributed by atoms with Crippen molar-refractivity contribution in [3.8, 4) is 0 Å². The average Bonchev–Trinajstić information content (AvgIpc) is 2.05. The minimum atomic E-state index is 0.0688. The molecule has 0 saturated carbocycles. The van der Waals surface area contributed by atoms with Crippen LogP contribution in [-0.4, -0.2) is 25.5 Å². The molecule has 0 heterocycles. The molecule has 0 saturated heterocycles. The lowest BCUT2D eigenvalue weighted by molar-refractivity contribution is -0.120. The second-order valence-corrected chi connectivity index (χ2v) is 1.73. The zero-order chi connectivity index (χ0) is 9.11. The molecule has 3 heteroatoms. The van der Waals surface area contributed by atoms with Gasteiger partial charge < -0.3 is 10.6 Å². The van der Waals surface area contributed by atoms with E-state index < -0.39 is 0 Å². The molecule has 0 aliphatic heterocycles. The number of nitrogens with one attached hydrogen (secondary N) is 2. The van der Waals surface area contributed by atoms with Crippen LogP contribution in [0.1, 0.15) is 27.7 Å². The molecule has 0 spiro atoms. The molecule has 0 fully saturated rings. The van der Waals surface area contributed by atoms with E-state index in [1.807, 2.05) is 27.7 Å². The molecule has 2 N–H and O–H groups in total. The Labute approximate surface area is 69.6 Å². The van der Waals surface area contributed by atoms with Gasteiger partial charge >= 0.3 is 0 Å². The normalized spacial score (nSPS) is 8.00. The lowest BCUT2D eigenvalue weighted by Gasteiger charge is -2.00. The summed E-state index contributed by atoms with van der Waals surface area (Å²) in [5, 5.41) is 5.60. The summed E-state index contributed by atoms with van der Waals surface area (Å²) in [6, 6.07) is 0. The standard InChI is InChI=1S/C6H14N2O.C2H6/c1-3-7-5-6(9)8-4-2;1-2/h7H,3-5H2,1-2H3,(H,8,9);1-2H3. The monoisotopic (exact) mass is 160 g/mol. The molecular formula is C8H20N2O. The molecule has 0 atom stereocenters. The zero-order valence-corrected chi connectivity index (χ0v) is 8.03. The first kappa shape index (κ1) is 13.1. The number of hydrogen-bond acceptors (Lipinski definition) is 2. The Morgan fingerprint density at radius 3 is 2.09 bits per heavy atom. The lowest BCUT2D eigenvalue weighted by atomic mass is 10.5. The highest BCUT2D eigenvalue weighted by molar-refractivity contribution is 5.77. The molecule has 3 nitrogen and oxygen atoms in total. The smallest absolute Gasteiger partial charge is 0.233 e. The fourth-order valence-corrected chi connectivity index (χ4v) is 0.498. The summed E-state index contributed by atoms with van der Waals surface area (Å²) in [6.07, 6.45) is 0. The van der Waals surface area contributed by atoms with Gasteiger partial charge in [0.2, 0.25) is 5.91 Å². The summed E-state index contributed by atoms with van der Waals surface area (Å²) >= 11 is 0. The maximum absolute atomic E-state index is 10.6. The van der Waals surface area contributed by atoms with Crippen LogP contribution in [0.4, 0.5) is 0 Å². The first-order valence-electron chi connectivity index (χ1n) is 4.28. The van der Waals surface area contributed by atoms with Crippen LogP contribution >= 0.6 is 0 Å². The minimum Gasteiger partial charge on any atom is -0.355 e. The van der Waals surface area contributed by atoms with E-state index in [9.17, 15) is 4.79 Å². The number of rotatable bonds is 4. The van der Waals surface area contributed by atoms with Crippen molar-refractivity contribution in [1.82, 2.24) is 10.6 Å². The largest absolute Gasteiger partial charge is 0.355 e. The van der Waals surface area contributed by atoms with E-state index in [2.05, 4.69) is 10.6 Å². The molecule has 0 rings (SSSR count). The number of likely N-dealkylation sites (N-methyl/N-ethyl adjacent to an activating group) is 2. The Hall–Kier alpha value is -0.570. The van der Waals surface area contributed by atoms with Crippen molar-refractivity contribution >= 4 is 5.91 Å². The summed E-state index contributed by atoms with van der Waals surface area (Å²) < 4.78 is 0. The molecular weight excluding hydrogens is 140 g/mol. The Kier molecular flexibility index (Phi) is 14.4. The maximum atomic E-state index is 10.6. The summed E-state index contributed by atoms with van der Waals surface area (Å²) in [6.45, 7) is 9.87. The summed E-state index contributed by atoms with van der Waals surface area (Å²) in [5.74, 6) is 0.0688. The Morgan fingerprint density at radius 2 is 1.73 bits per heavy atom. The van der Waals surface area contributed by atoms with Crippen molar-refractivity contribution in [2.75, 3.05) is 19.6 Å². The fraction of sp³-hybridized carbons (Fsp3) is 0.875. The molecule has 0 radical (unpaired) electrons. The SMILES string of the molecule is CC.CCNCC(=O)NCC. The van der Waals surface area contributed by atoms with Gasteiger partial charge in [0.25, 0.3) is 0 Å². The molecule has 0 aliphatic carbocycles. The third-order valence-electron chi connectivity index (χ3n) is 0.910. The Balaban J connectivity index is 0. The molecule has 1 amide bonds. The summed E-state index contributed by atoms with van der Waals surface area (Å²) in [7, 11) is 0. The second kappa shape index (κ2) is 12.1. The maximum Gasteiger partial charge on any atom is 0.233 e. The molecule has 0 aromatic carbocycles. The highest BCUT2D eigenvalue weighted by atomic mass is 16.1. The number of carbonyl (C=O) groups is 1. The van der Waals surface area contributed by atoms with Crippen LogP contribution in [0.15, 0.2) is 0 Å². The molecule has 0 bridgehead atoms. The van der Waals surface area contributed by atoms with Gasteiger partial charge in [-0.05, 0) is 13.5 Å². The Bertz CT molecular complexity index is 84.2. The summed E-state index contributed by atoms with van der Waals surface area (Å²) in [5.41, 5.74) is 0. The molecule has 0 aromatic rings. The highest BCUT2D eigenvalue weighted by Crippen LogP contribution is 1.61. The van der Waals surface area contributed by atoms with E-state index in [1.54, 1.807) is 0 Å². The first-order chi connectivity index (χ1) is 5.31. The molecule has 0 unspecified atom stereocenters. The van der Waals surface area contributed by atoms with Crippen molar-refractivity contribution in [1.29, 1.82) is 0 Å². The first-order valence-corrected chi connectivity index (χ1v) is 4.28. The van der Waals surface area contributed by atoms with Crippen LogP contribution in [0.2, 0.25) is 0 Å². The van der Waals surface area contributed by atoms with Gasteiger partial charge in [0.15, 0.2) is 0 Å². The third-order valence-corrected chi connectivity index (χ3v) is 0.910. The van der Waals surface area contributed by atoms with Crippen molar-refractivity contribution in [3.05, 3.63) is 0 Å². The lowest BCUT2D eigenvalue weighted by Crippen LogP contribution is -2.33. The number of hydrogen-bond donors (Lipinski definition) is 2. The molecule has 0 aliphatic rings. The van der Waals surface area contributed by atoms with E-state index in [1.165, 1.54) is 0 Å². The quantitative estimate of drug-likeness (QED) is 0.637. The van der Waals surface area contributed by atoms with Gasteiger partial charge in [-0.2, -0.15) is 0 Å². The van der Waals surface area contributed by atoms with E-state index in [4.69, 9.17) is 0 Å². The molecule has 68 valence electrons. The van der Waals surface area contributed by atoms with Crippen LogP contribution in [0.5, 0.6) is 0 Å². The van der Waals surface area contributed by atoms with Crippen molar-refractivity contribution in [3.63, 3.8) is 0 Å². The fourth-order valence-electron chi connectivity index (χ4n) is 0.498. The van der Waals surface area contributed by atoms with Gasteiger partial charge in [-0.3, -0.25) is 4.79 Å². The van der Waals surface area contributed by atoms with E-state index in [0.29, 0.717) is 13.1 Å². The second-order valence-electron chi connectivity index (χ2n) is 1.73. The van der Waals surface area contributed by atoms with E-state index in [-0.39, 0.29) is 5.91 Å². The minimum absolute atomic E-state index is 0.0688. The third kappa shape index (κ3) is 12.6. The van der Waals surface area contributed by atoms with Crippen LogP contribution in [-0.2, 0) is 4.79 Å². The van der Waals surface area contributed by atoms with Crippen molar-refractivity contribution in [2.24, 2.45) is 0 Å². The van der Waals surface area contributed by atoms with Crippen molar-refractivity contribution in [2.45, 2.75) is 27.7 Å². The molecule has 11 heavy (non-hydrogen) atoms. The van der Waals surface area contributed by atoms with Crippen LogP contribution < -0.4 is 10.6 Å². The van der Waals surface area contributed by atoms with Crippen LogP contribution in [0.3, 0.4) is 0 Å². The zero-order valence-electron chi connectivity index (χ0n) is 8.03. The number of amides is 1. The summed E-state index contributed by atoms with van der Waals surface area (Å²) in [4.78, 5) is 10.6. The van der Waals surface area contributed by atoms with Crippen LogP contribution in [0.25, 0.3) is 0 Å². The number of carbonyl (C=O) groups excluding carboxylic acids is 1.